The van der Waals surface area contributed by atoms with Gasteiger partial charge in [-0.05, 0) is 87.7 Å². The number of nitrogens with zero attached hydrogens (tertiary/aromatic N) is 15. The van der Waals surface area contributed by atoms with Crippen LogP contribution in [0.2, 0.25) is 0 Å². The lowest BCUT2D eigenvalue weighted by Crippen LogP contribution is -2.31. The molecule has 0 bridgehead atoms. The van der Waals surface area contributed by atoms with E-state index >= 15 is 0 Å². The van der Waals surface area contributed by atoms with Crippen LogP contribution in [0.1, 0.15) is 70.1 Å². The first-order valence-corrected chi connectivity index (χ1v) is 31.0. The number of aromatic nitrogens is 12. The molecule has 0 saturated carbocycles. The lowest BCUT2D eigenvalue weighted by atomic mass is 10.1. The number of ether oxygens (including phenoxy) is 2. The Balaban J connectivity index is 0.000000177. The van der Waals surface area contributed by atoms with E-state index in [-0.39, 0.29) is 88.3 Å². The molecular weight excluding hydrogens is 1410 g/mol. The minimum Gasteiger partial charge on any atom is -0.464 e. The average molecular weight is 1470 g/mol. The first-order valence-electron chi connectivity index (χ1n) is 29.1. The number of rotatable bonds is 15. The molecule has 6 heterocycles. The Morgan fingerprint density at radius 2 is 0.818 bits per heavy atom. The maximum Gasteiger partial charge on any atom is 0.360 e. The Labute approximate surface area is 581 Å². The molecule has 0 unspecified atom stereocenters. The number of nitrogen functional groups attached to an aromatic ring is 5. The molecule has 11 aromatic rings. The first kappa shape index (κ1) is 72.5. The van der Waals surface area contributed by atoms with Gasteiger partial charge in [0.05, 0.1) is 49.0 Å². The largest absolute Gasteiger partial charge is 0.464 e. The molecule has 11 rings (SSSR count). The lowest BCUT2D eigenvalue weighted by molar-refractivity contribution is -0.142. The van der Waals surface area contributed by atoms with Gasteiger partial charge in [0.15, 0.2) is 46.0 Å². The summed E-state index contributed by atoms with van der Waals surface area (Å²) in [6.07, 6.45) is 5.96. The maximum absolute atomic E-state index is 12.1. The van der Waals surface area contributed by atoms with E-state index in [0.717, 1.165) is 33.1 Å². The number of methoxy groups -OCH3 is 1. The predicted molar refractivity (Wildman–Crippen MR) is 372 cm³/mol. The topological polar surface area (TPSA) is 454 Å². The lowest BCUT2D eigenvalue weighted by Gasteiger charge is -2.10. The highest BCUT2D eigenvalue weighted by atomic mass is 79.9. The van der Waals surface area contributed by atoms with Gasteiger partial charge in [0.2, 0.25) is 11.8 Å². The molecular formula is C66H63Br2N21O10. The fourth-order valence-electron chi connectivity index (χ4n) is 8.45. The second kappa shape index (κ2) is 33.3. The van der Waals surface area contributed by atoms with Crippen molar-refractivity contribution in [2.75, 3.05) is 72.3 Å². The molecule has 6 aromatic heterocycles. The number of nitrogens with two attached hydrogens (primary N) is 5. The number of alkyl halides is 1. The molecule has 0 fully saturated rings. The zero-order chi connectivity index (χ0) is 71.6. The molecule has 33 heteroatoms. The van der Waals surface area contributed by atoms with Crippen LogP contribution < -0.4 is 34.2 Å². The number of amides is 4. The van der Waals surface area contributed by atoms with Crippen LogP contribution in [-0.4, -0.2) is 160 Å². The van der Waals surface area contributed by atoms with Crippen LogP contribution in [0.15, 0.2) is 160 Å². The van der Waals surface area contributed by atoms with Gasteiger partial charge in [-0.1, -0.05) is 76.6 Å². The highest BCUT2D eigenvalue weighted by molar-refractivity contribution is 9.10. The van der Waals surface area contributed by atoms with E-state index in [1.54, 1.807) is 127 Å². The molecule has 0 aliphatic carbocycles. The van der Waals surface area contributed by atoms with Crippen molar-refractivity contribution in [3.8, 4) is 79.8 Å². The van der Waals surface area contributed by atoms with Gasteiger partial charge in [0.25, 0.3) is 35.4 Å². The van der Waals surface area contributed by atoms with E-state index < -0.39 is 11.9 Å². The van der Waals surface area contributed by atoms with Gasteiger partial charge in [0, 0.05) is 99.0 Å². The SMILES string of the molecule is CC(=O)OCc1ccc(-c2nnc(-c3nc(-c4ccc(C(=O)N(C)C)cc4)cnc3N)o2)cc1.CN(C)C(=O)c1ccc(-c2cnc(N)c(-c3nnc(-c4ccc(CBr)cc4)o3)n2)cc1.CN(C)C(=O)c1ccc(-c2cnc(N)c(C(=O)NN)n2)cc1.COC(=O)c1nc(Br)cnc1N. The molecule has 0 spiro atoms. The second-order valence-electron chi connectivity index (χ2n) is 21.3. The Morgan fingerprint density at radius 1 is 0.465 bits per heavy atom. The van der Waals surface area contributed by atoms with Crippen LogP contribution >= 0.6 is 31.9 Å². The van der Waals surface area contributed by atoms with Crippen molar-refractivity contribution in [1.82, 2.24) is 80.4 Å². The molecule has 0 aliphatic heterocycles. The summed E-state index contributed by atoms with van der Waals surface area (Å²) in [6.45, 7) is 1.55. The third-order valence-corrected chi connectivity index (χ3v) is 14.7. The number of esters is 2. The second-order valence-corrected chi connectivity index (χ2v) is 22.7. The van der Waals surface area contributed by atoms with Crippen molar-refractivity contribution in [3.63, 3.8) is 0 Å². The van der Waals surface area contributed by atoms with E-state index in [9.17, 15) is 28.8 Å². The first-order chi connectivity index (χ1) is 47.4. The summed E-state index contributed by atoms with van der Waals surface area (Å²) in [6, 6.07) is 35.9. The van der Waals surface area contributed by atoms with Crippen molar-refractivity contribution >= 4 is 90.7 Å². The monoisotopic (exact) mass is 1470 g/mol. The van der Waals surface area contributed by atoms with E-state index in [0.29, 0.717) is 61.1 Å². The van der Waals surface area contributed by atoms with Crippen molar-refractivity contribution in [1.29, 1.82) is 0 Å². The number of hydrogen-bond acceptors (Lipinski definition) is 27. The van der Waals surface area contributed by atoms with Gasteiger partial charge in [-0.15, -0.1) is 20.4 Å². The number of anilines is 4. The van der Waals surface area contributed by atoms with E-state index in [2.05, 4.69) is 96.9 Å². The highest BCUT2D eigenvalue weighted by Crippen LogP contribution is 2.31. The number of halogens is 2. The quantitative estimate of drug-likeness (QED) is 0.0187. The summed E-state index contributed by atoms with van der Waals surface area (Å²) in [5, 5.41) is 17.2. The molecule has 0 radical (unpaired) electrons. The minimum atomic E-state index is -0.619. The summed E-state index contributed by atoms with van der Waals surface area (Å²) < 4.78 is 21.5. The molecule has 506 valence electrons. The summed E-state index contributed by atoms with van der Waals surface area (Å²) in [5.74, 6) is 4.62. The Kier molecular flexibility index (Phi) is 24.4. The van der Waals surface area contributed by atoms with Gasteiger partial charge in [-0.25, -0.2) is 50.5 Å². The number of carbonyl (C=O) groups is 6. The summed E-state index contributed by atoms with van der Waals surface area (Å²) in [5.41, 5.74) is 34.5. The Hall–Kier alpha value is -12.4. The predicted octanol–water partition coefficient (Wildman–Crippen LogP) is 7.89. The molecule has 0 saturated heterocycles. The molecule has 11 N–H and O–H groups in total. The molecule has 0 atom stereocenters. The van der Waals surface area contributed by atoms with E-state index in [1.807, 2.05) is 54.0 Å². The zero-order valence-corrected chi connectivity index (χ0v) is 57.4. The maximum atomic E-state index is 12.1. The van der Waals surface area contributed by atoms with Gasteiger partial charge in [-0.3, -0.25) is 29.4 Å². The van der Waals surface area contributed by atoms with Gasteiger partial charge in [-0.2, -0.15) is 0 Å². The van der Waals surface area contributed by atoms with Crippen molar-refractivity contribution in [2.24, 2.45) is 5.84 Å². The van der Waals surface area contributed by atoms with Crippen molar-refractivity contribution < 1.29 is 47.1 Å². The van der Waals surface area contributed by atoms with Gasteiger partial charge >= 0.3 is 11.9 Å². The summed E-state index contributed by atoms with van der Waals surface area (Å²) in [7, 11) is 11.4. The van der Waals surface area contributed by atoms with Crippen LogP contribution in [0.25, 0.3) is 79.8 Å². The highest BCUT2D eigenvalue weighted by Gasteiger charge is 2.21. The van der Waals surface area contributed by atoms with Gasteiger partial charge in [0.1, 0.15) is 11.2 Å². The fraction of sp³-hybridized carbons (Fsp3) is 0.152. The normalized spacial score (nSPS) is 10.5. The number of hydrazine groups is 1. The van der Waals surface area contributed by atoms with Crippen molar-refractivity contribution in [2.45, 2.75) is 18.9 Å². The standard InChI is InChI=1S/C24H22N6O4.C22H19BrN6O2.C14H16N6O2.C6H6BrN3O2/c1-14(31)33-13-15-4-6-17(7-5-15)22-28-29-23(34-22)20-21(25)26-12-19(27-20)16-8-10-18(11-9-16)24(32)30(2)3;1-29(2)22(30)16-9-7-14(8-10-16)17-12-25-19(24)18(26-17)21-28-27-20(31-21)15-5-3-13(11-23)4-6-15;1-20(2)14(22)9-5-3-8(4-6-9)10-7-17-12(15)11(18-10)13(21)19-16;1-12-6(11)4-5(8)9-2-3(7)10-4/h4-12H,13H2,1-3H3,(H2,25,26);3-10,12H,11H2,1-2H3,(H2,24,25);3-7H,16H2,1-2H3,(H2,15,17)(H,19,21);2H,1H3,(H2,8,9). The molecule has 0 aliphatic rings. The zero-order valence-electron chi connectivity index (χ0n) is 54.2. The number of nitrogens with one attached hydrogen (secondary N) is 1. The third kappa shape index (κ3) is 18.8. The van der Waals surface area contributed by atoms with E-state index in [4.69, 9.17) is 42.3 Å². The summed E-state index contributed by atoms with van der Waals surface area (Å²) in [4.78, 5) is 107. The van der Waals surface area contributed by atoms with Crippen LogP contribution in [0.3, 0.4) is 0 Å². The van der Waals surface area contributed by atoms with Gasteiger partial charge < -0.3 is 55.9 Å². The van der Waals surface area contributed by atoms with Crippen molar-refractivity contribution in [3.05, 3.63) is 190 Å². The fourth-order valence-corrected chi connectivity index (χ4v) is 9.10. The Bertz CT molecular complexity index is 4690. The molecule has 5 aromatic carbocycles. The number of carbonyl (C=O) groups excluding carboxylic acids is 6. The third-order valence-electron chi connectivity index (χ3n) is 13.7. The smallest absolute Gasteiger partial charge is 0.360 e. The number of benzene rings is 5. The van der Waals surface area contributed by atoms with Crippen LogP contribution in [0.5, 0.6) is 0 Å². The number of hydrogen-bond donors (Lipinski definition) is 6. The summed E-state index contributed by atoms with van der Waals surface area (Å²) >= 11 is 6.48. The van der Waals surface area contributed by atoms with E-state index in [1.165, 1.54) is 41.1 Å². The van der Waals surface area contributed by atoms with Crippen LogP contribution in [0, 0.1) is 0 Å². The molecule has 99 heavy (non-hydrogen) atoms. The molecule has 4 amide bonds. The molecule has 31 nitrogen and oxygen atoms in total. The minimum absolute atomic E-state index is 0.00824. The Morgan fingerprint density at radius 3 is 1.19 bits per heavy atom. The average Bonchev–Trinajstić information content (AvgIpc) is 1.80. The van der Waals surface area contributed by atoms with Crippen LogP contribution in [0.4, 0.5) is 23.3 Å². The van der Waals surface area contributed by atoms with Crippen LogP contribution in [-0.2, 0) is 26.2 Å².